The lowest BCUT2D eigenvalue weighted by molar-refractivity contribution is -0.642. The molecule has 0 saturated carbocycles. The number of benzene rings is 6. The smallest absolute Gasteiger partial charge is 0.231 e. The molecule has 54 heavy (non-hydrogen) atoms. The highest BCUT2D eigenvalue weighted by atomic mass is 16.7. The zero-order valence-corrected chi connectivity index (χ0v) is 31.9. The van der Waals surface area contributed by atoms with Gasteiger partial charge in [0.05, 0.1) is 30.4 Å². The molecule has 0 amide bonds. The molecule has 0 N–H and O–H groups in total. The summed E-state index contributed by atoms with van der Waals surface area (Å²) in [6.07, 6.45) is 3.05. The number of likely N-dealkylation sites (N-methyl/N-ethyl adjacent to an activating group) is 1. The first-order valence-electron chi connectivity index (χ1n) is 18.3. The molecule has 274 valence electrons. The van der Waals surface area contributed by atoms with Crippen LogP contribution in [0.5, 0.6) is 28.7 Å². The van der Waals surface area contributed by atoms with Crippen molar-refractivity contribution in [2.24, 2.45) is 7.05 Å². The summed E-state index contributed by atoms with van der Waals surface area (Å²) in [5, 5.41) is 5.54. The Morgan fingerprint density at radius 2 is 1.33 bits per heavy atom. The van der Waals surface area contributed by atoms with E-state index in [-0.39, 0.29) is 6.79 Å². The number of hydrogen-bond donors (Lipinski definition) is 0. The number of hydrogen-bond acceptors (Lipinski definition) is 6. The lowest BCUT2D eigenvalue weighted by Crippen LogP contribution is -2.28. The summed E-state index contributed by atoms with van der Waals surface area (Å²) in [5.74, 6) is 3.97. The highest BCUT2D eigenvalue weighted by Crippen LogP contribution is 2.41. The van der Waals surface area contributed by atoms with Crippen LogP contribution in [0.3, 0.4) is 0 Å². The molecule has 0 radical (unpaired) electrons. The van der Waals surface area contributed by atoms with Crippen molar-refractivity contribution in [1.82, 2.24) is 4.90 Å². The fourth-order valence-corrected chi connectivity index (χ4v) is 7.22. The number of aromatic nitrogens is 1. The molecule has 0 bridgehead atoms. The Kier molecular flexibility index (Phi) is 11.0. The van der Waals surface area contributed by atoms with Crippen LogP contribution in [-0.4, -0.2) is 53.2 Å². The maximum absolute atomic E-state index is 5.87. The molecule has 1 aliphatic heterocycles. The van der Waals surface area contributed by atoms with E-state index >= 15 is 0 Å². The minimum absolute atomic E-state index is 0.273. The van der Waals surface area contributed by atoms with Gasteiger partial charge in [-0.05, 0) is 96.2 Å². The molecule has 0 fully saturated rings. The van der Waals surface area contributed by atoms with Gasteiger partial charge in [0.2, 0.25) is 12.3 Å². The van der Waals surface area contributed by atoms with Crippen molar-refractivity contribution in [2.75, 3.05) is 48.3 Å². The molecule has 7 nitrogen and oxygen atoms in total. The van der Waals surface area contributed by atoms with E-state index in [1.54, 1.807) is 14.2 Å². The minimum Gasteiger partial charge on any atom is -0.493 e. The predicted molar refractivity (Wildman–Crippen MR) is 219 cm³/mol. The molecule has 0 unspecified atom stereocenters. The molecule has 2 heterocycles. The maximum atomic E-state index is 5.87. The van der Waals surface area contributed by atoms with Gasteiger partial charge < -0.3 is 28.6 Å². The van der Waals surface area contributed by atoms with Gasteiger partial charge in [-0.15, -0.1) is 0 Å². The van der Waals surface area contributed by atoms with Crippen molar-refractivity contribution in [2.45, 2.75) is 13.3 Å². The van der Waals surface area contributed by atoms with Crippen molar-refractivity contribution in [3.8, 4) is 28.7 Å². The monoisotopic (exact) mass is 719 g/mol. The summed E-state index contributed by atoms with van der Waals surface area (Å²) in [6, 6.07) is 42.2. The molecule has 0 spiro atoms. The van der Waals surface area contributed by atoms with E-state index in [4.69, 9.17) is 23.7 Å². The zero-order valence-electron chi connectivity index (χ0n) is 31.9. The van der Waals surface area contributed by atoms with Crippen LogP contribution in [0.25, 0.3) is 43.6 Å². The van der Waals surface area contributed by atoms with E-state index in [1.807, 2.05) is 19.2 Å². The number of aryl methyl sites for hydroxylation is 1. The van der Waals surface area contributed by atoms with E-state index in [0.717, 1.165) is 74.2 Å². The molecule has 1 aromatic heterocycles. The maximum Gasteiger partial charge on any atom is 0.231 e. The fraction of sp³-hybridized carbons (Fsp3) is 0.213. The van der Waals surface area contributed by atoms with E-state index < -0.39 is 0 Å². The molecule has 8 rings (SSSR count). The van der Waals surface area contributed by atoms with Crippen LogP contribution >= 0.6 is 0 Å². The molecule has 1 aliphatic rings. The highest BCUT2D eigenvalue weighted by molar-refractivity contribution is 6.15. The van der Waals surface area contributed by atoms with Gasteiger partial charge >= 0.3 is 0 Å². The normalized spacial score (nSPS) is 12.4. The van der Waals surface area contributed by atoms with E-state index in [2.05, 4.69) is 146 Å². The first kappa shape index (κ1) is 36.3. The number of fused-ring (bicyclic) bond motifs is 6. The number of rotatable bonds is 10. The molecule has 0 atom stereocenters. The second kappa shape index (κ2) is 16.3. The third-order valence-electron chi connectivity index (χ3n) is 9.82. The minimum atomic E-state index is 0.273. The second-order valence-electron chi connectivity index (χ2n) is 13.5. The Morgan fingerprint density at radius 1 is 0.685 bits per heavy atom. The number of methoxy groups -OCH3 is 2. The third-order valence-corrected chi connectivity index (χ3v) is 9.82. The standard InChI is InChI=1S/C26H29NO.C21H18NO4/c1-4-25(21-11-7-5-8-12-21)26(22-13-9-6-10-14-22)23-15-17-24(18-16-23)28-20-19-27(2)3;1-22-10-16-13(6-7-17(23-2)21(16)24-3)14-5-4-12-8-18-19(26-11-25-18)9-15(12)20(14)22/h5-18H,4,19-20H2,1-3H3;4-10H,11H2,1-3H3/q;+1/b26-25-;. The SMILES string of the molecule is CC/C(=C(\c1ccccc1)c1ccc(OCCN(C)C)cc1)c1ccccc1.COc1ccc2c(c[n+](C)c3c4cc5c(cc4ccc23)OCO5)c1OC. The van der Waals surface area contributed by atoms with Crippen molar-refractivity contribution in [1.29, 1.82) is 0 Å². The van der Waals surface area contributed by atoms with Crippen LogP contribution in [0.4, 0.5) is 0 Å². The summed E-state index contributed by atoms with van der Waals surface area (Å²) in [4.78, 5) is 2.12. The summed E-state index contributed by atoms with van der Waals surface area (Å²) < 4.78 is 30.2. The summed E-state index contributed by atoms with van der Waals surface area (Å²) >= 11 is 0. The first-order chi connectivity index (χ1) is 26.4. The number of ether oxygens (including phenoxy) is 5. The van der Waals surface area contributed by atoms with Crippen molar-refractivity contribution in [3.63, 3.8) is 0 Å². The van der Waals surface area contributed by atoms with Crippen molar-refractivity contribution < 1.29 is 28.3 Å². The van der Waals surface area contributed by atoms with Crippen molar-refractivity contribution in [3.05, 3.63) is 144 Å². The van der Waals surface area contributed by atoms with Crippen LogP contribution in [0.1, 0.15) is 30.0 Å². The van der Waals surface area contributed by atoms with Crippen molar-refractivity contribution >= 4 is 43.6 Å². The average molecular weight is 720 g/mol. The van der Waals surface area contributed by atoms with Gasteiger partial charge in [0.15, 0.2) is 29.2 Å². The van der Waals surface area contributed by atoms with Gasteiger partial charge in [-0.3, -0.25) is 0 Å². The number of allylic oxidation sites excluding steroid dienone is 1. The largest absolute Gasteiger partial charge is 0.493 e. The van der Waals surface area contributed by atoms with E-state index in [9.17, 15) is 0 Å². The Morgan fingerprint density at radius 3 is 1.98 bits per heavy atom. The molecule has 0 aliphatic carbocycles. The summed E-state index contributed by atoms with van der Waals surface area (Å²) in [5.41, 5.74) is 7.51. The number of pyridine rings is 1. The van der Waals surface area contributed by atoms with Crippen LogP contribution < -0.4 is 28.3 Å². The first-order valence-corrected chi connectivity index (χ1v) is 18.3. The summed E-state index contributed by atoms with van der Waals surface area (Å²) in [7, 11) is 9.48. The Balaban J connectivity index is 0.000000167. The topological polar surface area (TPSA) is 53.3 Å². The predicted octanol–water partition coefficient (Wildman–Crippen LogP) is 9.71. The lowest BCUT2D eigenvalue weighted by atomic mass is 9.88. The van der Waals surface area contributed by atoms with E-state index in [0.29, 0.717) is 6.61 Å². The molecular weight excluding hydrogens is 673 g/mol. The molecule has 7 heteroatoms. The fourth-order valence-electron chi connectivity index (χ4n) is 7.22. The van der Waals surface area contributed by atoms with Gasteiger partial charge in [-0.25, -0.2) is 0 Å². The lowest BCUT2D eigenvalue weighted by Gasteiger charge is -2.17. The van der Waals surface area contributed by atoms with Gasteiger partial charge in [-0.1, -0.05) is 85.8 Å². The van der Waals surface area contributed by atoms with Gasteiger partial charge in [-0.2, -0.15) is 4.57 Å². The average Bonchev–Trinajstić information content (AvgIpc) is 3.67. The molecule has 0 saturated heterocycles. The van der Waals surface area contributed by atoms with Gasteiger partial charge in [0.25, 0.3) is 0 Å². The number of nitrogens with zero attached hydrogens (tertiary/aromatic N) is 2. The van der Waals surface area contributed by atoms with Gasteiger partial charge in [0, 0.05) is 11.9 Å². The quantitative estimate of drug-likeness (QED) is 0.0798. The van der Waals surface area contributed by atoms with Crippen LogP contribution in [0.2, 0.25) is 0 Å². The van der Waals surface area contributed by atoms with Gasteiger partial charge in [0.1, 0.15) is 19.4 Å². The summed E-state index contributed by atoms with van der Waals surface area (Å²) in [6.45, 7) is 4.10. The highest BCUT2D eigenvalue weighted by Gasteiger charge is 2.22. The Labute approximate surface area is 317 Å². The second-order valence-corrected chi connectivity index (χ2v) is 13.5. The zero-order chi connectivity index (χ0) is 37.6. The van der Waals surface area contributed by atoms with E-state index in [1.165, 1.54) is 27.8 Å². The Bertz CT molecular complexity index is 2420. The third kappa shape index (κ3) is 7.41. The van der Waals surface area contributed by atoms with Crippen LogP contribution in [0.15, 0.2) is 128 Å². The Hall–Kier alpha value is -6.05. The molecule has 7 aromatic rings. The molecular formula is C47H47N2O5+. The van der Waals surface area contributed by atoms with Crippen LogP contribution in [-0.2, 0) is 7.05 Å². The molecule has 6 aromatic carbocycles. The van der Waals surface area contributed by atoms with Crippen LogP contribution in [0, 0.1) is 0 Å².